The maximum atomic E-state index is 5.35. The van der Waals surface area contributed by atoms with Crippen molar-refractivity contribution in [2.24, 2.45) is 9.98 Å². The Labute approximate surface area is 339 Å². The molecule has 1 aliphatic rings. The van der Waals surface area contributed by atoms with Crippen LogP contribution in [0.4, 0.5) is 0 Å². The predicted octanol–water partition coefficient (Wildman–Crippen LogP) is 14.0. The fraction of sp³-hybridized carbons (Fsp3) is 0.0566. The number of benzene rings is 8. The van der Waals surface area contributed by atoms with Gasteiger partial charge in [-0.3, -0.25) is 4.99 Å². The highest BCUT2D eigenvalue weighted by Gasteiger charge is 2.23. The van der Waals surface area contributed by atoms with Gasteiger partial charge in [0.2, 0.25) is 0 Å². The van der Waals surface area contributed by atoms with E-state index in [1.807, 2.05) is 17.4 Å². The minimum absolute atomic E-state index is 0.00705. The zero-order valence-corrected chi connectivity index (χ0v) is 32.4. The molecule has 1 aliphatic heterocycles. The Kier molecular flexibility index (Phi) is 7.57. The highest BCUT2D eigenvalue weighted by atomic mass is 32.1. The molecular formula is C53H36N4S. The van der Waals surface area contributed by atoms with E-state index in [4.69, 9.17) is 9.98 Å². The van der Waals surface area contributed by atoms with Crippen molar-refractivity contribution >= 4 is 86.7 Å². The molecule has 0 radical (unpaired) electrons. The topological polar surface area (TPSA) is 34.6 Å². The molecule has 4 nitrogen and oxygen atoms in total. The second-order valence-electron chi connectivity index (χ2n) is 15.2. The van der Waals surface area contributed by atoms with Crippen molar-refractivity contribution < 1.29 is 0 Å². The molecule has 1 unspecified atom stereocenters. The number of para-hydroxylation sites is 3. The van der Waals surface area contributed by atoms with Gasteiger partial charge in [0.05, 0.1) is 33.8 Å². The van der Waals surface area contributed by atoms with Crippen molar-refractivity contribution in [2.75, 3.05) is 0 Å². The van der Waals surface area contributed by atoms with Crippen molar-refractivity contribution in [1.29, 1.82) is 0 Å². The third kappa shape index (κ3) is 5.20. The summed E-state index contributed by atoms with van der Waals surface area (Å²) in [6.45, 7) is 0. The van der Waals surface area contributed by atoms with Gasteiger partial charge in [-0.15, -0.1) is 11.3 Å². The van der Waals surface area contributed by atoms with E-state index >= 15 is 0 Å². The number of thiophene rings is 1. The lowest BCUT2D eigenvalue weighted by atomic mass is 9.98. The Hall–Kier alpha value is -7.08. The van der Waals surface area contributed by atoms with Gasteiger partial charge in [0.25, 0.3) is 0 Å². The monoisotopic (exact) mass is 760 g/mol. The minimum atomic E-state index is 0.00705. The molecule has 0 saturated carbocycles. The molecule has 58 heavy (non-hydrogen) atoms. The number of fused-ring (bicyclic) bond motifs is 10. The lowest BCUT2D eigenvalue weighted by Crippen LogP contribution is -2.04. The summed E-state index contributed by atoms with van der Waals surface area (Å²) in [6.07, 6.45) is 1.76. The molecule has 0 N–H and O–H groups in total. The van der Waals surface area contributed by atoms with Crippen LogP contribution in [0.3, 0.4) is 0 Å². The third-order valence-electron chi connectivity index (χ3n) is 11.9. The van der Waals surface area contributed by atoms with Crippen molar-refractivity contribution in [1.82, 2.24) is 9.13 Å². The van der Waals surface area contributed by atoms with Gasteiger partial charge >= 0.3 is 0 Å². The van der Waals surface area contributed by atoms with Crippen LogP contribution in [0.5, 0.6) is 0 Å². The molecule has 4 heterocycles. The van der Waals surface area contributed by atoms with Crippen LogP contribution < -0.4 is 0 Å². The second kappa shape index (κ2) is 13.3. The van der Waals surface area contributed by atoms with Gasteiger partial charge in [-0.25, -0.2) is 4.99 Å². The summed E-state index contributed by atoms with van der Waals surface area (Å²) in [5, 5.41) is 7.68. The van der Waals surface area contributed by atoms with Gasteiger partial charge in [-0.2, -0.15) is 0 Å². The highest BCUT2D eigenvalue weighted by Crippen LogP contribution is 2.44. The molecule has 274 valence electrons. The number of aromatic nitrogens is 2. The van der Waals surface area contributed by atoms with Gasteiger partial charge in [0.15, 0.2) is 5.84 Å². The Morgan fingerprint density at radius 1 is 0.448 bits per heavy atom. The lowest BCUT2D eigenvalue weighted by Gasteiger charge is -2.12. The van der Waals surface area contributed by atoms with Gasteiger partial charge in [-0.05, 0) is 78.6 Å². The summed E-state index contributed by atoms with van der Waals surface area (Å²) in [5.41, 5.74) is 11.7. The lowest BCUT2D eigenvalue weighted by molar-refractivity contribution is 0.681. The summed E-state index contributed by atoms with van der Waals surface area (Å²) < 4.78 is 7.43. The number of hydrogen-bond acceptors (Lipinski definition) is 3. The first-order valence-electron chi connectivity index (χ1n) is 20.0. The summed E-state index contributed by atoms with van der Waals surface area (Å²) >= 11 is 1.87. The van der Waals surface area contributed by atoms with E-state index in [0.29, 0.717) is 0 Å². The summed E-state index contributed by atoms with van der Waals surface area (Å²) in [5.74, 6) is 0.802. The standard InChI is InChI=1S/C53H36N4S/c1-4-14-34(15-5-1)43-28-29-44(55-53(54-43)35-16-6-2-7-17-35)36-24-26-39-40-27-25-38(33-50(40)58-49(39)32-36)57-46-23-13-11-21-42(46)52-48(57)31-30-47-51(52)41-20-10-12-22-45(41)56(47)37-18-8-3-9-19-37/h1-27,30-33,44H,28-29H2. The average Bonchev–Trinajstić information content (AvgIpc) is 3.87. The smallest absolute Gasteiger partial charge is 0.155 e. The van der Waals surface area contributed by atoms with Gasteiger partial charge < -0.3 is 9.13 Å². The zero-order valence-electron chi connectivity index (χ0n) is 31.6. The Bertz CT molecular complexity index is 3440. The largest absolute Gasteiger partial charge is 0.309 e. The molecule has 1 atom stereocenters. The number of amidine groups is 1. The predicted molar refractivity (Wildman–Crippen MR) is 246 cm³/mol. The average molecular weight is 761 g/mol. The molecule has 11 aromatic rings. The van der Waals surface area contributed by atoms with Crippen molar-refractivity contribution in [3.05, 3.63) is 205 Å². The van der Waals surface area contributed by atoms with Crippen LogP contribution in [-0.4, -0.2) is 20.7 Å². The normalized spacial score (nSPS) is 14.8. The fourth-order valence-corrected chi connectivity index (χ4v) is 10.5. The summed E-state index contributed by atoms with van der Waals surface area (Å²) in [6, 6.07) is 68.0. The molecule has 0 aliphatic carbocycles. The molecule has 0 amide bonds. The Morgan fingerprint density at radius 3 is 1.67 bits per heavy atom. The van der Waals surface area contributed by atoms with Gasteiger partial charge in [0, 0.05) is 58.7 Å². The molecule has 0 bridgehead atoms. The van der Waals surface area contributed by atoms with Crippen LogP contribution in [0.15, 0.2) is 198 Å². The Balaban J connectivity index is 0.987. The zero-order chi connectivity index (χ0) is 38.2. The third-order valence-corrected chi connectivity index (χ3v) is 13.0. The molecular weight excluding hydrogens is 725 g/mol. The summed E-state index contributed by atoms with van der Waals surface area (Å²) in [4.78, 5) is 10.5. The van der Waals surface area contributed by atoms with Crippen LogP contribution in [0.2, 0.25) is 0 Å². The van der Waals surface area contributed by atoms with Crippen LogP contribution in [0.25, 0.3) is 75.2 Å². The Morgan fingerprint density at radius 2 is 1.00 bits per heavy atom. The first-order chi connectivity index (χ1) is 28.8. The maximum Gasteiger partial charge on any atom is 0.155 e. The van der Waals surface area contributed by atoms with Crippen LogP contribution >= 0.6 is 11.3 Å². The van der Waals surface area contributed by atoms with Gasteiger partial charge in [0.1, 0.15) is 0 Å². The number of rotatable bonds is 5. The minimum Gasteiger partial charge on any atom is -0.309 e. The van der Waals surface area contributed by atoms with E-state index in [2.05, 4.69) is 191 Å². The first kappa shape index (κ1) is 33.1. The molecule has 3 aromatic heterocycles. The first-order valence-corrected chi connectivity index (χ1v) is 20.8. The van der Waals surface area contributed by atoms with Crippen molar-refractivity contribution in [2.45, 2.75) is 18.9 Å². The van der Waals surface area contributed by atoms with E-state index in [-0.39, 0.29) is 6.04 Å². The molecule has 8 aromatic carbocycles. The molecule has 0 saturated heterocycles. The molecule has 0 spiro atoms. The van der Waals surface area contributed by atoms with E-state index in [1.165, 1.54) is 80.7 Å². The summed E-state index contributed by atoms with van der Waals surface area (Å²) in [7, 11) is 0. The maximum absolute atomic E-state index is 5.35. The van der Waals surface area contributed by atoms with Crippen molar-refractivity contribution in [3.63, 3.8) is 0 Å². The van der Waals surface area contributed by atoms with Crippen molar-refractivity contribution in [3.8, 4) is 11.4 Å². The fourth-order valence-electron chi connectivity index (χ4n) is 9.29. The number of aliphatic imine (C=N–C) groups is 2. The molecule has 12 rings (SSSR count). The van der Waals surface area contributed by atoms with E-state index < -0.39 is 0 Å². The van der Waals surface area contributed by atoms with Crippen LogP contribution in [0, 0.1) is 0 Å². The number of hydrogen-bond donors (Lipinski definition) is 0. The molecule has 0 fully saturated rings. The quantitative estimate of drug-likeness (QED) is 0.167. The van der Waals surface area contributed by atoms with E-state index in [1.54, 1.807) is 0 Å². The SMILES string of the molecule is c1ccc(C2=NC(c3ccccc3)=NC(c3ccc4c(c3)sc3cc(-n5c6ccccc6c6c7c8ccccc8n(-c8ccccc8)c7ccc65)ccc34)CC2)cc1. The second-order valence-corrected chi connectivity index (χ2v) is 16.3. The van der Waals surface area contributed by atoms with E-state index in [0.717, 1.165) is 35.5 Å². The highest BCUT2D eigenvalue weighted by molar-refractivity contribution is 7.25. The van der Waals surface area contributed by atoms with Gasteiger partial charge in [-0.1, -0.05) is 133 Å². The number of nitrogens with zero attached hydrogens (tertiary/aromatic N) is 4. The molecule has 5 heteroatoms. The van der Waals surface area contributed by atoms with E-state index in [9.17, 15) is 0 Å². The van der Waals surface area contributed by atoms with Crippen LogP contribution in [0.1, 0.15) is 35.6 Å². The van der Waals surface area contributed by atoms with Crippen LogP contribution in [-0.2, 0) is 0 Å².